The summed E-state index contributed by atoms with van der Waals surface area (Å²) in [5, 5.41) is 20.0. The number of hydrogen-bond acceptors (Lipinski definition) is 3. The lowest BCUT2D eigenvalue weighted by atomic mass is 9.83. The highest BCUT2D eigenvalue weighted by Crippen LogP contribution is 2.37. The summed E-state index contributed by atoms with van der Waals surface area (Å²) >= 11 is 0. The summed E-state index contributed by atoms with van der Waals surface area (Å²) in [4.78, 5) is 1.83. The van der Waals surface area contributed by atoms with Crippen molar-refractivity contribution in [1.82, 2.24) is 0 Å². The number of aliphatic hydroxyl groups excluding tert-OH is 2. The van der Waals surface area contributed by atoms with Crippen molar-refractivity contribution in [2.75, 3.05) is 11.9 Å². The lowest BCUT2D eigenvalue weighted by molar-refractivity contribution is 0.0626. The summed E-state index contributed by atoms with van der Waals surface area (Å²) < 4.78 is 0. The van der Waals surface area contributed by atoms with Gasteiger partial charge in [-0.05, 0) is 22.6 Å². The van der Waals surface area contributed by atoms with Gasteiger partial charge >= 0.3 is 0 Å². The van der Waals surface area contributed by atoms with E-state index < -0.39 is 12.3 Å². The van der Waals surface area contributed by atoms with E-state index in [0.717, 1.165) is 16.8 Å². The Bertz CT molecular complexity index is 437. The third-order valence-electron chi connectivity index (χ3n) is 3.46. The molecule has 1 heterocycles. The standard InChI is InChI=1S/C15H21NO2/c1-15(2,3)14(18)11-5-7-12-10(9-11)6-8-13(17)16(12)4/h5,7,9,13-14,17-18H,8H2,1-4H3. The van der Waals surface area contributed by atoms with Crippen molar-refractivity contribution in [3.63, 3.8) is 0 Å². The van der Waals surface area contributed by atoms with E-state index in [4.69, 9.17) is 0 Å². The number of hydrogen-bond donors (Lipinski definition) is 2. The van der Waals surface area contributed by atoms with Gasteiger partial charge in [-0.2, -0.15) is 0 Å². The van der Waals surface area contributed by atoms with E-state index in [1.807, 2.05) is 50.9 Å². The second-order valence-electron chi connectivity index (χ2n) is 6.02. The van der Waals surface area contributed by atoms with Gasteiger partial charge in [0.15, 0.2) is 0 Å². The Hall–Kier alpha value is -1.06. The van der Waals surface area contributed by atoms with Gasteiger partial charge in [-0.1, -0.05) is 32.9 Å². The Morgan fingerprint density at radius 3 is 2.67 bits per heavy atom. The fourth-order valence-corrected chi connectivity index (χ4v) is 2.17. The second-order valence-corrected chi connectivity index (χ2v) is 6.02. The van der Waals surface area contributed by atoms with Gasteiger partial charge in [0.25, 0.3) is 0 Å². The predicted octanol–water partition coefficient (Wildman–Crippen LogP) is 2.35. The van der Waals surface area contributed by atoms with E-state index in [9.17, 15) is 10.2 Å². The Morgan fingerprint density at radius 1 is 1.39 bits per heavy atom. The van der Waals surface area contributed by atoms with E-state index in [1.54, 1.807) is 0 Å². The van der Waals surface area contributed by atoms with Crippen LogP contribution in [0.2, 0.25) is 0 Å². The van der Waals surface area contributed by atoms with Crippen molar-refractivity contribution in [3.05, 3.63) is 35.7 Å². The van der Waals surface area contributed by atoms with Crippen LogP contribution in [0.25, 0.3) is 0 Å². The summed E-state index contributed by atoms with van der Waals surface area (Å²) in [5.74, 6) is 0. The summed E-state index contributed by atoms with van der Waals surface area (Å²) in [6.07, 6.45) is 2.68. The molecule has 0 spiro atoms. The minimum Gasteiger partial charge on any atom is -0.388 e. The van der Waals surface area contributed by atoms with Crippen LogP contribution in [0, 0.1) is 11.8 Å². The van der Waals surface area contributed by atoms with Crippen LogP contribution in [-0.2, 0) is 0 Å². The van der Waals surface area contributed by atoms with Crippen LogP contribution in [0.4, 0.5) is 5.69 Å². The molecule has 18 heavy (non-hydrogen) atoms. The molecule has 0 amide bonds. The van der Waals surface area contributed by atoms with Gasteiger partial charge < -0.3 is 15.1 Å². The van der Waals surface area contributed by atoms with Crippen LogP contribution in [-0.4, -0.2) is 23.5 Å². The monoisotopic (exact) mass is 247 g/mol. The minimum atomic E-state index is -0.504. The molecule has 0 aliphatic carbocycles. The molecular weight excluding hydrogens is 226 g/mol. The first-order valence-corrected chi connectivity index (χ1v) is 6.27. The number of rotatable bonds is 1. The molecule has 0 fully saturated rings. The molecule has 1 aliphatic rings. The molecular formula is C15H21NO2. The maximum Gasteiger partial charge on any atom is 0.127 e. The van der Waals surface area contributed by atoms with Crippen LogP contribution in [0.15, 0.2) is 18.2 Å². The molecule has 0 aromatic heterocycles. The Balaban J connectivity index is 2.34. The largest absolute Gasteiger partial charge is 0.388 e. The van der Waals surface area contributed by atoms with E-state index in [-0.39, 0.29) is 5.41 Å². The van der Waals surface area contributed by atoms with Gasteiger partial charge in [-0.15, -0.1) is 0 Å². The van der Waals surface area contributed by atoms with Gasteiger partial charge in [-0.3, -0.25) is 0 Å². The highest BCUT2D eigenvalue weighted by Gasteiger charge is 2.27. The first-order valence-electron chi connectivity index (χ1n) is 6.27. The molecule has 98 valence electrons. The Labute approximate surface area is 109 Å². The van der Waals surface area contributed by atoms with Gasteiger partial charge in [0.05, 0.1) is 6.10 Å². The Kier molecular flexibility index (Phi) is 3.39. The first-order chi connectivity index (χ1) is 8.30. The van der Waals surface area contributed by atoms with Crippen molar-refractivity contribution in [2.45, 2.75) is 39.5 Å². The number of anilines is 1. The molecule has 0 bridgehead atoms. The topological polar surface area (TPSA) is 43.7 Å². The average Bonchev–Trinajstić information content (AvgIpc) is 2.31. The van der Waals surface area contributed by atoms with Crippen molar-refractivity contribution in [2.24, 2.45) is 5.41 Å². The van der Waals surface area contributed by atoms with Gasteiger partial charge in [-0.25, -0.2) is 0 Å². The van der Waals surface area contributed by atoms with Crippen molar-refractivity contribution >= 4 is 5.69 Å². The van der Waals surface area contributed by atoms with Gasteiger partial charge in [0.1, 0.15) is 6.23 Å². The molecule has 3 heteroatoms. The predicted molar refractivity (Wildman–Crippen MR) is 72.2 cm³/mol. The van der Waals surface area contributed by atoms with Gasteiger partial charge in [0, 0.05) is 25.6 Å². The molecule has 2 rings (SSSR count). The lowest BCUT2D eigenvalue weighted by Crippen LogP contribution is -2.35. The van der Waals surface area contributed by atoms with Crippen molar-refractivity contribution in [1.29, 1.82) is 0 Å². The van der Waals surface area contributed by atoms with E-state index >= 15 is 0 Å². The zero-order valence-electron chi connectivity index (χ0n) is 11.4. The summed E-state index contributed by atoms with van der Waals surface area (Å²) in [6.45, 7) is 6.04. The maximum absolute atomic E-state index is 10.3. The molecule has 0 saturated heterocycles. The fraction of sp³-hybridized carbons (Fsp3) is 0.533. The first kappa shape index (κ1) is 13.4. The highest BCUT2D eigenvalue weighted by atomic mass is 16.3. The highest BCUT2D eigenvalue weighted by molar-refractivity contribution is 5.60. The third-order valence-corrected chi connectivity index (χ3v) is 3.46. The van der Waals surface area contributed by atoms with Crippen molar-refractivity contribution < 1.29 is 10.2 Å². The van der Waals surface area contributed by atoms with Crippen LogP contribution < -0.4 is 4.90 Å². The second kappa shape index (κ2) is 4.56. The molecule has 2 radical (unpaired) electrons. The van der Waals surface area contributed by atoms with Crippen LogP contribution in [0.5, 0.6) is 0 Å². The smallest absolute Gasteiger partial charge is 0.127 e. The van der Waals surface area contributed by atoms with Crippen LogP contribution in [0.3, 0.4) is 0 Å². The number of fused-ring (bicyclic) bond motifs is 1. The summed E-state index contributed by atoms with van der Waals surface area (Å²) in [7, 11) is 1.87. The van der Waals surface area contributed by atoms with Crippen LogP contribution >= 0.6 is 0 Å². The Morgan fingerprint density at radius 2 is 2.06 bits per heavy atom. The normalized spacial score (nSPS) is 21.7. The van der Waals surface area contributed by atoms with Crippen molar-refractivity contribution in [3.8, 4) is 0 Å². The molecule has 1 aromatic carbocycles. The average molecular weight is 247 g/mol. The van der Waals surface area contributed by atoms with E-state index in [0.29, 0.717) is 6.42 Å². The summed E-state index contributed by atoms with van der Waals surface area (Å²) in [6, 6.07) is 5.83. The molecule has 1 aromatic rings. The van der Waals surface area contributed by atoms with Gasteiger partial charge in [0.2, 0.25) is 0 Å². The maximum atomic E-state index is 10.3. The molecule has 2 unspecified atom stereocenters. The van der Waals surface area contributed by atoms with Crippen LogP contribution in [0.1, 0.15) is 44.4 Å². The fourth-order valence-electron chi connectivity index (χ4n) is 2.17. The quantitative estimate of drug-likeness (QED) is 0.800. The van der Waals surface area contributed by atoms with E-state index in [1.165, 1.54) is 0 Å². The molecule has 1 aliphatic heterocycles. The molecule has 0 saturated carbocycles. The lowest BCUT2D eigenvalue weighted by Gasteiger charge is -2.33. The zero-order valence-corrected chi connectivity index (χ0v) is 11.4. The minimum absolute atomic E-state index is 0.186. The number of benzene rings is 1. The summed E-state index contributed by atoms with van der Waals surface area (Å²) in [5.41, 5.74) is 2.63. The molecule has 3 nitrogen and oxygen atoms in total. The number of aliphatic hydroxyl groups is 2. The third kappa shape index (κ3) is 2.38. The number of nitrogens with zero attached hydrogens (tertiary/aromatic N) is 1. The zero-order chi connectivity index (χ0) is 13.5. The van der Waals surface area contributed by atoms with E-state index in [2.05, 4.69) is 6.42 Å². The SMILES string of the molecule is CN1c2ccc(C(O)C(C)(C)C)cc2[C]CC1O. The molecule has 2 N–H and O–H groups in total. The molecule has 2 atom stereocenters.